The highest BCUT2D eigenvalue weighted by atomic mass is 79.9. The number of nitro groups is 1. The molecule has 0 saturated carbocycles. The molecular weight excluding hydrogens is 384 g/mol. The maximum Gasteiger partial charge on any atom is 0.275 e. The number of pyridine rings is 1. The van der Waals surface area contributed by atoms with Crippen LogP contribution in [0.25, 0.3) is 5.69 Å². The lowest BCUT2D eigenvalue weighted by Gasteiger charge is -2.13. The Morgan fingerprint density at radius 3 is 2.50 bits per heavy atom. The number of fused-ring (bicyclic) bond motifs is 1. The van der Waals surface area contributed by atoms with Crippen molar-refractivity contribution in [3.05, 3.63) is 59.8 Å². The molecule has 0 saturated heterocycles. The Morgan fingerprint density at radius 1 is 1.21 bits per heavy atom. The SMILES string of the molecule is Cc1c(Br)cc(-n2c(N)c3c(cc2=O)C(=O)NC3=O)cc1[N+](=O)[O-]. The molecule has 0 spiro atoms. The quantitative estimate of drug-likeness (QED) is 0.448. The number of hydrogen-bond acceptors (Lipinski definition) is 6. The number of amides is 2. The monoisotopic (exact) mass is 392 g/mol. The summed E-state index contributed by atoms with van der Waals surface area (Å²) in [6.07, 6.45) is 0. The van der Waals surface area contributed by atoms with E-state index in [4.69, 9.17) is 5.73 Å². The maximum atomic E-state index is 12.3. The number of carbonyl (C=O) groups excluding carboxylic acids is 2. The normalized spacial score (nSPS) is 12.9. The highest BCUT2D eigenvalue weighted by Gasteiger charge is 2.32. The zero-order valence-corrected chi connectivity index (χ0v) is 13.7. The molecule has 10 heteroatoms. The van der Waals surface area contributed by atoms with E-state index >= 15 is 0 Å². The fourth-order valence-electron chi connectivity index (χ4n) is 2.51. The first kappa shape index (κ1) is 15.9. The van der Waals surface area contributed by atoms with Crippen LogP contribution in [0.1, 0.15) is 26.3 Å². The van der Waals surface area contributed by atoms with Crippen LogP contribution in [-0.4, -0.2) is 21.3 Å². The minimum atomic E-state index is -0.720. The molecule has 3 rings (SSSR count). The van der Waals surface area contributed by atoms with Crippen molar-refractivity contribution in [2.45, 2.75) is 6.92 Å². The number of imide groups is 1. The first-order valence-corrected chi connectivity index (χ1v) is 7.37. The number of carbonyl (C=O) groups is 2. The van der Waals surface area contributed by atoms with Gasteiger partial charge in [-0.25, -0.2) is 0 Å². The topological polar surface area (TPSA) is 137 Å². The Kier molecular flexibility index (Phi) is 3.48. The number of nitrogen functional groups attached to an aromatic ring is 1. The van der Waals surface area contributed by atoms with E-state index in [2.05, 4.69) is 21.2 Å². The van der Waals surface area contributed by atoms with Crippen LogP contribution < -0.4 is 16.6 Å². The van der Waals surface area contributed by atoms with Crippen LogP contribution in [-0.2, 0) is 0 Å². The second-order valence-electron chi connectivity index (χ2n) is 5.10. The molecule has 0 unspecified atom stereocenters. The van der Waals surface area contributed by atoms with Gasteiger partial charge in [0.25, 0.3) is 23.1 Å². The number of nitrogens with two attached hydrogens (primary N) is 1. The summed E-state index contributed by atoms with van der Waals surface area (Å²) in [5.41, 5.74) is 5.25. The summed E-state index contributed by atoms with van der Waals surface area (Å²) in [5, 5.41) is 13.2. The number of benzene rings is 1. The summed E-state index contributed by atoms with van der Waals surface area (Å²) in [4.78, 5) is 46.4. The molecule has 122 valence electrons. The fraction of sp³-hybridized carbons (Fsp3) is 0.0714. The third-order valence-electron chi connectivity index (χ3n) is 3.71. The summed E-state index contributed by atoms with van der Waals surface area (Å²) >= 11 is 3.20. The standard InChI is InChI=1S/C14H9BrN4O5/c1-5-8(15)2-6(3-9(5)19(23)24)18-10(20)4-7-11(12(18)16)14(22)17-13(7)21/h2-4H,16H2,1H3,(H,17,21,22). The van der Waals surface area contributed by atoms with E-state index < -0.39 is 22.3 Å². The number of hydrogen-bond donors (Lipinski definition) is 2. The van der Waals surface area contributed by atoms with Crippen molar-refractivity contribution < 1.29 is 14.5 Å². The summed E-state index contributed by atoms with van der Waals surface area (Å²) in [7, 11) is 0. The summed E-state index contributed by atoms with van der Waals surface area (Å²) < 4.78 is 1.35. The predicted molar refractivity (Wildman–Crippen MR) is 87.3 cm³/mol. The molecule has 0 atom stereocenters. The van der Waals surface area contributed by atoms with Crippen molar-refractivity contribution in [3.63, 3.8) is 0 Å². The second kappa shape index (κ2) is 5.27. The van der Waals surface area contributed by atoms with Crippen molar-refractivity contribution in [3.8, 4) is 5.69 Å². The van der Waals surface area contributed by atoms with Gasteiger partial charge in [-0.05, 0) is 13.0 Å². The zero-order chi connectivity index (χ0) is 17.8. The molecule has 0 aliphatic carbocycles. The Labute approximate surface area is 142 Å². The molecule has 2 aromatic rings. The van der Waals surface area contributed by atoms with Crippen LogP contribution in [0, 0.1) is 17.0 Å². The number of nitrogens with zero attached hydrogens (tertiary/aromatic N) is 2. The third kappa shape index (κ3) is 2.19. The number of anilines is 1. The van der Waals surface area contributed by atoms with E-state index in [-0.39, 0.29) is 28.3 Å². The third-order valence-corrected chi connectivity index (χ3v) is 4.53. The summed E-state index contributed by atoms with van der Waals surface area (Å²) in [6.45, 7) is 1.55. The van der Waals surface area contributed by atoms with Crippen LogP contribution in [0.15, 0.2) is 27.5 Å². The van der Waals surface area contributed by atoms with E-state index in [1.165, 1.54) is 12.1 Å². The molecule has 1 aromatic heterocycles. The maximum absolute atomic E-state index is 12.3. The van der Waals surface area contributed by atoms with Gasteiger partial charge in [-0.15, -0.1) is 0 Å². The second-order valence-corrected chi connectivity index (χ2v) is 5.96. The van der Waals surface area contributed by atoms with Gasteiger partial charge in [-0.3, -0.25) is 34.4 Å². The number of halogens is 1. The van der Waals surface area contributed by atoms with E-state index in [0.717, 1.165) is 10.6 Å². The molecule has 24 heavy (non-hydrogen) atoms. The average molecular weight is 393 g/mol. The molecule has 1 aromatic carbocycles. The van der Waals surface area contributed by atoms with Crippen molar-refractivity contribution in [2.75, 3.05) is 5.73 Å². The number of nitrogens with one attached hydrogen (secondary N) is 1. The van der Waals surface area contributed by atoms with E-state index in [0.29, 0.717) is 10.0 Å². The average Bonchev–Trinajstić information content (AvgIpc) is 2.76. The molecule has 1 aliphatic rings. The van der Waals surface area contributed by atoms with Gasteiger partial charge < -0.3 is 5.73 Å². The number of nitro benzene ring substituents is 1. The molecule has 1 aliphatic heterocycles. The minimum Gasteiger partial charge on any atom is -0.384 e. The zero-order valence-electron chi connectivity index (χ0n) is 12.1. The summed E-state index contributed by atoms with van der Waals surface area (Å²) in [6, 6.07) is 3.63. The van der Waals surface area contributed by atoms with Crippen molar-refractivity contribution in [1.29, 1.82) is 0 Å². The van der Waals surface area contributed by atoms with Crippen molar-refractivity contribution >= 4 is 39.2 Å². The van der Waals surface area contributed by atoms with Crippen LogP contribution in [0.4, 0.5) is 11.5 Å². The Morgan fingerprint density at radius 2 is 1.88 bits per heavy atom. The fourth-order valence-corrected chi connectivity index (χ4v) is 2.95. The highest BCUT2D eigenvalue weighted by molar-refractivity contribution is 9.10. The molecule has 3 N–H and O–H groups in total. The van der Waals surface area contributed by atoms with Gasteiger partial charge in [0.05, 0.1) is 21.7 Å². The van der Waals surface area contributed by atoms with Gasteiger partial charge in [0, 0.05) is 22.2 Å². The van der Waals surface area contributed by atoms with Gasteiger partial charge in [0.15, 0.2) is 0 Å². The van der Waals surface area contributed by atoms with E-state index in [1.54, 1.807) is 6.92 Å². The molecule has 0 radical (unpaired) electrons. The van der Waals surface area contributed by atoms with E-state index in [9.17, 15) is 24.5 Å². The molecule has 0 fully saturated rings. The molecule has 2 heterocycles. The lowest BCUT2D eigenvalue weighted by atomic mass is 10.1. The van der Waals surface area contributed by atoms with Crippen molar-refractivity contribution in [1.82, 2.24) is 9.88 Å². The first-order valence-electron chi connectivity index (χ1n) is 6.58. The van der Waals surface area contributed by atoms with Gasteiger partial charge in [0.1, 0.15) is 5.82 Å². The van der Waals surface area contributed by atoms with Crippen LogP contribution in [0.3, 0.4) is 0 Å². The van der Waals surface area contributed by atoms with Crippen molar-refractivity contribution in [2.24, 2.45) is 0 Å². The van der Waals surface area contributed by atoms with Crippen LogP contribution in [0.5, 0.6) is 0 Å². The smallest absolute Gasteiger partial charge is 0.275 e. The van der Waals surface area contributed by atoms with Gasteiger partial charge >= 0.3 is 0 Å². The lowest BCUT2D eigenvalue weighted by Crippen LogP contribution is -2.24. The molecule has 2 amide bonds. The molecular formula is C14H9BrN4O5. The number of aromatic nitrogens is 1. The summed E-state index contributed by atoms with van der Waals surface area (Å²) in [5.74, 6) is -1.69. The Hall–Kier alpha value is -3.01. The van der Waals surface area contributed by atoms with Gasteiger partial charge in [0.2, 0.25) is 0 Å². The van der Waals surface area contributed by atoms with Gasteiger partial charge in [-0.2, -0.15) is 0 Å². The number of rotatable bonds is 2. The predicted octanol–water partition coefficient (Wildman–Crippen LogP) is 1.28. The molecule has 0 bridgehead atoms. The first-order chi connectivity index (χ1) is 11.2. The van der Waals surface area contributed by atoms with E-state index in [1.807, 2.05) is 0 Å². The minimum absolute atomic E-state index is 0.108. The Bertz CT molecular complexity index is 1010. The lowest BCUT2D eigenvalue weighted by molar-refractivity contribution is -0.385. The largest absolute Gasteiger partial charge is 0.384 e. The van der Waals surface area contributed by atoms with Crippen LogP contribution in [0.2, 0.25) is 0 Å². The molecule has 9 nitrogen and oxygen atoms in total. The van der Waals surface area contributed by atoms with Crippen LogP contribution >= 0.6 is 15.9 Å². The Balaban J connectivity index is 2.35. The van der Waals surface area contributed by atoms with Gasteiger partial charge in [-0.1, -0.05) is 15.9 Å². The highest BCUT2D eigenvalue weighted by Crippen LogP contribution is 2.31.